The molecule has 0 bridgehead atoms. The third kappa shape index (κ3) is 4.14. The highest BCUT2D eigenvalue weighted by molar-refractivity contribution is 5.16. The van der Waals surface area contributed by atoms with E-state index in [2.05, 4.69) is 12.1 Å². The zero-order chi connectivity index (χ0) is 12.1. The van der Waals surface area contributed by atoms with E-state index in [4.69, 9.17) is 4.74 Å². The van der Waals surface area contributed by atoms with Crippen molar-refractivity contribution in [3.05, 3.63) is 35.9 Å². The Kier molecular flexibility index (Phi) is 4.19. The molecule has 2 rings (SSSR count). The van der Waals surface area contributed by atoms with E-state index in [9.17, 15) is 5.11 Å². The lowest BCUT2D eigenvalue weighted by atomic mass is 9.83. The monoisotopic (exact) mass is 234 g/mol. The van der Waals surface area contributed by atoms with Crippen molar-refractivity contribution in [2.24, 2.45) is 5.92 Å². The molecule has 1 fully saturated rings. The fourth-order valence-electron chi connectivity index (χ4n) is 2.68. The number of benzene rings is 1. The van der Waals surface area contributed by atoms with Crippen LogP contribution in [0.25, 0.3) is 0 Å². The average Bonchev–Trinajstić information content (AvgIpc) is 2.30. The Morgan fingerprint density at radius 2 is 1.88 bits per heavy atom. The van der Waals surface area contributed by atoms with E-state index in [-0.39, 0.29) is 0 Å². The lowest BCUT2D eigenvalue weighted by molar-refractivity contribution is 0.000365. The standard InChI is InChI=1S/C15H22O2/c1-15(16,11-13-5-3-2-4-6-13)12-14-7-9-17-10-8-14/h2-6,14,16H,7-12H2,1H3. The Morgan fingerprint density at radius 1 is 1.24 bits per heavy atom. The maximum atomic E-state index is 10.5. The van der Waals surface area contributed by atoms with Crippen molar-refractivity contribution in [2.45, 2.75) is 38.2 Å². The molecule has 0 amide bonds. The van der Waals surface area contributed by atoms with Crippen molar-refractivity contribution in [2.75, 3.05) is 13.2 Å². The summed E-state index contributed by atoms with van der Waals surface area (Å²) in [4.78, 5) is 0. The molecule has 0 aromatic heterocycles. The molecular weight excluding hydrogens is 212 g/mol. The van der Waals surface area contributed by atoms with Crippen LogP contribution in [0.4, 0.5) is 0 Å². The second-order valence-electron chi connectivity index (χ2n) is 5.42. The largest absolute Gasteiger partial charge is 0.390 e. The Labute approximate surface area is 104 Å². The summed E-state index contributed by atoms with van der Waals surface area (Å²) < 4.78 is 5.35. The molecule has 0 aliphatic carbocycles. The summed E-state index contributed by atoms with van der Waals surface area (Å²) >= 11 is 0. The summed E-state index contributed by atoms with van der Waals surface area (Å²) in [5.41, 5.74) is 0.619. The van der Waals surface area contributed by atoms with E-state index in [1.54, 1.807) is 0 Å². The molecule has 1 saturated heterocycles. The molecule has 94 valence electrons. The van der Waals surface area contributed by atoms with Gasteiger partial charge in [0.2, 0.25) is 0 Å². The van der Waals surface area contributed by atoms with Gasteiger partial charge in [-0.3, -0.25) is 0 Å². The van der Waals surface area contributed by atoms with Gasteiger partial charge in [0, 0.05) is 19.6 Å². The first-order valence-electron chi connectivity index (χ1n) is 6.50. The number of hydrogen-bond acceptors (Lipinski definition) is 2. The minimum Gasteiger partial charge on any atom is -0.390 e. The van der Waals surface area contributed by atoms with E-state index in [0.29, 0.717) is 5.92 Å². The number of rotatable bonds is 4. The van der Waals surface area contributed by atoms with Gasteiger partial charge in [0.25, 0.3) is 0 Å². The smallest absolute Gasteiger partial charge is 0.0662 e. The number of hydrogen-bond donors (Lipinski definition) is 1. The molecule has 0 spiro atoms. The first-order chi connectivity index (χ1) is 8.16. The summed E-state index contributed by atoms with van der Waals surface area (Å²) in [6.45, 7) is 3.66. The minimum absolute atomic E-state index is 0.594. The molecule has 1 aliphatic rings. The Hall–Kier alpha value is -0.860. The Balaban J connectivity index is 1.89. The van der Waals surface area contributed by atoms with E-state index in [1.807, 2.05) is 25.1 Å². The van der Waals surface area contributed by atoms with Gasteiger partial charge in [-0.1, -0.05) is 30.3 Å². The van der Waals surface area contributed by atoms with Crippen molar-refractivity contribution in [1.82, 2.24) is 0 Å². The zero-order valence-electron chi connectivity index (χ0n) is 10.6. The van der Waals surface area contributed by atoms with Crippen LogP contribution in [-0.2, 0) is 11.2 Å². The second kappa shape index (κ2) is 5.65. The van der Waals surface area contributed by atoms with Gasteiger partial charge >= 0.3 is 0 Å². The van der Waals surface area contributed by atoms with Crippen LogP contribution in [0, 0.1) is 5.92 Å². The topological polar surface area (TPSA) is 29.5 Å². The quantitative estimate of drug-likeness (QED) is 0.868. The van der Waals surface area contributed by atoms with Crippen molar-refractivity contribution < 1.29 is 9.84 Å². The molecular formula is C15H22O2. The lowest BCUT2D eigenvalue weighted by Crippen LogP contribution is -2.32. The highest BCUT2D eigenvalue weighted by Gasteiger charge is 2.26. The molecule has 2 heteroatoms. The summed E-state index contributed by atoms with van der Waals surface area (Å²) in [5, 5.41) is 10.5. The van der Waals surface area contributed by atoms with Gasteiger partial charge in [-0.2, -0.15) is 0 Å². The maximum Gasteiger partial charge on any atom is 0.0662 e. The SMILES string of the molecule is CC(O)(Cc1ccccc1)CC1CCOCC1. The van der Waals surface area contributed by atoms with E-state index in [1.165, 1.54) is 5.56 Å². The van der Waals surface area contributed by atoms with Crippen LogP contribution < -0.4 is 0 Å². The molecule has 2 nitrogen and oxygen atoms in total. The third-order valence-electron chi connectivity index (χ3n) is 3.50. The van der Waals surface area contributed by atoms with Gasteiger partial charge in [0.05, 0.1) is 5.60 Å². The summed E-state index contributed by atoms with van der Waals surface area (Å²) in [7, 11) is 0. The lowest BCUT2D eigenvalue weighted by Gasteiger charge is -2.30. The predicted octanol–water partition coefficient (Wildman–Crippen LogP) is 2.80. The molecule has 1 aromatic rings. The van der Waals surface area contributed by atoms with Crippen LogP contribution in [0.5, 0.6) is 0 Å². The fourth-order valence-corrected chi connectivity index (χ4v) is 2.68. The second-order valence-corrected chi connectivity index (χ2v) is 5.42. The third-order valence-corrected chi connectivity index (χ3v) is 3.50. The van der Waals surface area contributed by atoms with Crippen molar-refractivity contribution in [3.8, 4) is 0 Å². The number of aliphatic hydroxyl groups is 1. The van der Waals surface area contributed by atoms with Gasteiger partial charge in [0.15, 0.2) is 0 Å². The maximum absolute atomic E-state index is 10.5. The first kappa shape index (κ1) is 12.6. The van der Waals surface area contributed by atoms with Gasteiger partial charge in [0.1, 0.15) is 0 Å². The van der Waals surface area contributed by atoms with Crippen LogP contribution in [0.1, 0.15) is 31.7 Å². The average molecular weight is 234 g/mol. The molecule has 1 N–H and O–H groups in total. The van der Waals surface area contributed by atoms with Crippen LogP contribution in [-0.4, -0.2) is 23.9 Å². The fraction of sp³-hybridized carbons (Fsp3) is 0.600. The van der Waals surface area contributed by atoms with E-state index >= 15 is 0 Å². The molecule has 1 aliphatic heterocycles. The number of ether oxygens (including phenoxy) is 1. The van der Waals surface area contributed by atoms with Crippen LogP contribution in [0.3, 0.4) is 0 Å². The predicted molar refractivity (Wildman–Crippen MR) is 68.9 cm³/mol. The molecule has 17 heavy (non-hydrogen) atoms. The first-order valence-corrected chi connectivity index (χ1v) is 6.50. The zero-order valence-corrected chi connectivity index (χ0v) is 10.6. The van der Waals surface area contributed by atoms with Crippen LogP contribution in [0.15, 0.2) is 30.3 Å². The summed E-state index contributed by atoms with van der Waals surface area (Å²) in [6.07, 6.45) is 3.80. The van der Waals surface area contributed by atoms with Crippen LogP contribution in [0.2, 0.25) is 0 Å². The summed E-state index contributed by atoms with van der Waals surface area (Å²) in [5.74, 6) is 0.613. The Morgan fingerprint density at radius 3 is 2.53 bits per heavy atom. The normalized spacial score (nSPS) is 21.1. The van der Waals surface area contributed by atoms with Gasteiger partial charge in [-0.25, -0.2) is 0 Å². The minimum atomic E-state index is -0.594. The summed E-state index contributed by atoms with van der Waals surface area (Å²) in [6, 6.07) is 10.2. The van der Waals surface area contributed by atoms with Crippen molar-refractivity contribution >= 4 is 0 Å². The van der Waals surface area contributed by atoms with Crippen LogP contribution >= 0.6 is 0 Å². The van der Waals surface area contributed by atoms with E-state index in [0.717, 1.165) is 38.9 Å². The molecule has 1 heterocycles. The Bertz CT molecular complexity index is 326. The molecule has 1 atom stereocenters. The van der Waals surface area contributed by atoms with Gasteiger partial charge < -0.3 is 9.84 Å². The van der Waals surface area contributed by atoms with Gasteiger partial charge in [-0.15, -0.1) is 0 Å². The molecule has 1 unspecified atom stereocenters. The molecule has 1 aromatic carbocycles. The highest BCUT2D eigenvalue weighted by atomic mass is 16.5. The van der Waals surface area contributed by atoms with E-state index < -0.39 is 5.60 Å². The van der Waals surface area contributed by atoms with Gasteiger partial charge in [-0.05, 0) is 37.7 Å². The van der Waals surface area contributed by atoms with Crippen molar-refractivity contribution in [1.29, 1.82) is 0 Å². The highest BCUT2D eigenvalue weighted by Crippen LogP contribution is 2.27. The van der Waals surface area contributed by atoms with Crippen molar-refractivity contribution in [3.63, 3.8) is 0 Å². The molecule has 0 saturated carbocycles. The molecule has 0 radical (unpaired) electrons.